The predicted molar refractivity (Wildman–Crippen MR) is 116 cm³/mol. The van der Waals surface area contributed by atoms with Crippen LogP contribution in [0.4, 0.5) is 0 Å². The van der Waals surface area contributed by atoms with Crippen molar-refractivity contribution in [3.8, 4) is 0 Å². The minimum atomic E-state index is -0.648. The van der Waals surface area contributed by atoms with Gasteiger partial charge < -0.3 is 4.74 Å². The SMILES string of the molecule is C[C@H](c1ccccc1)N(Cc1ccccc1)[C@H](C)C(C)(C)C(=O)OC(C)(C)C. The molecule has 2 atom stereocenters. The van der Waals surface area contributed by atoms with Crippen LogP contribution in [0.1, 0.15) is 65.6 Å². The lowest BCUT2D eigenvalue weighted by Crippen LogP contribution is -2.49. The molecule has 2 aromatic rings. The first-order valence-electron chi connectivity index (χ1n) is 10.1. The number of hydrogen-bond acceptors (Lipinski definition) is 3. The van der Waals surface area contributed by atoms with E-state index in [1.165, 1.54) is 11.1 Å². The van der Waals surface area contributed by atoms with E-state index in [0.29, 0.717) is 0 Å². The Morgan fingerprint density at radius 2 is 1.39 bits per heavy atom. The smallest absolute Gasteiger partial charge is 0.313 e. The molecule has 3 heteroatoms. The normalized spacial score (nSPS) is 14.6. The maximum absolute atomic E-state index is 13.0. The van der Waals surface area contributed by atoms with Gasteiger partial charge in [0.2, 0.25) is 0 Å². The van der Waals surface area contributed by atoms with Gasteiger partial charge in [0.1, 0.15) is 5.60 Å². The molecule has 0 aromatic heterocycles. The third kappa shape index (κ3) is 5.68. The summed E-state index contributed by atoms with van der Waals surface area (Å²) in [5.41, 5.74) is 1.33. The molecule has 2 rings (SSSR count). The summed E-state index contributed by atoms with van der Waals surface area (Å²) in [5.74, 6) is -0.161. The molecule has 0 spiro atoms. The lowest BCUT2D eigenvalue weighted by Gasteiger charge is -2.42. The third-order valence-corrected chi connectivity index (χ3v) is 5.45. The average Bonchev–Trinajstić information content (AvgIpc) is 2.65. The molecule has 28 heavy (non-hydrogen) atoms. The highest BCUT2D eigenvalue weighted by Gasteiger charge is 2.41. The van der Waals surface area contributed by atoms with E-state index in [-0.39, 0.29) is 18.1 Å². The van der Waals surface area contributed by atoms with Crippen molar-refractivity contribution in [2.75, 3.05) is 0 Å². The maximum Gasteiger partial charge on any atom is 0.313 e. The van der Waals surface area contributed by atoms with Gasteiger partial charge in [-0.2, -0.15) is 0 Å². The minimum Gasteiger partial charge on any atom is -0.460 e. The van der Waals surface area contributed by atoms with Gasteiger partial charge in [0.25, 0.3) is 0 Å². The van der Waals surface area contributed by atoms with Crippen LogP contribution in [0.3, 0.4) is 0 Å². The molecule has 0 saturated heterocycles. The van der Waals surface area contributed by atoms with Gasteiger partial charge in [-0.1, -0.05) is 60.7 Å². The second-order valence-corrected chi connectivity index (χ2v) is 9.14. The molecule has 0 N–H and O–H groups in total. The average molecular weight is 382 g/mol. The Morgan fingerprint density at radius 3 is 1.89 bits per heavy atom. The Labute approximate surface area is 170 Å². The van der Waals surface area contributed by atoms with Gasteiger partial charge >= 0.3 is 5.97 Å². The highest BCUT2D eigenvalue weighted by molar-refractivity contribution is 5.77. The lowest BCUT2D eigenvalue weighted by molar-refractivity contribution is -0.170. The van der Waals surface area contributed by atoms with Crippen LogP contribution >= 0.6 is 0 Å². The number of hydrogen-bond donors (Lipinski definition) is 0. The number of carbonyl (C=O) groups is 1. The maximum atomic E-state index is 13.0. The van der Waals surface area contributed by atoms with Crippen LogP contribution in [0, 0.1) is 5.41 Å². The van der Waals surface area contributed by atoms with Gasteiger partial charge in [0, 0.05) is 18.6 Å². The van der Waals surface area contributed by atoms with Crippen molar-refractivity contribution in [1.29, 1.82) is 0 Å². The highest BCUT2D eigenvalue weighted by Crippen LogP contribution is 2.35. The predicted octanol–water partition coefficient (Wildman–Crippen LogP) is 6.01. The first-order chi connectivity index (χ1) is 13.0. The Hall–Kier alpha value is -2.13. The van der Waals surface area contributed by atoms with Crippen molar-refractivity contribution < 1.29 is 9.53 Å². The molecule has 0 aliphatic rings. The molecular formula is C25H35NO2. The van der Waals surface area contributed by atoms with Crippen LogP contribution < -0.4 is 0 Å². The summed E-state index contributed by atoms with van der Waals surface area (Å²) in [5, 5.41) is 0. The minimum absolute atomic E-state index is 0.0160. The Kier molecular flexibility index (Phi) is 7.06. The largest absolute Gasteiger partial charge is 0.460 e. The molecule has 3 nitrogen and oxygen atoms in total. The molecule has 0 fully saturated rings. The van der Waals surface area contributed by atoms with E-state index in [1.807, 2.05) is 46.8 Å². The van der Waals surface area contributed by atoms with Gasteiger partial charge in [0.15, 0.2) is 0 Å². The molecule has 152 valence electrons. The molecule has 0 heterocycles. The van der Waals surface area contributed by atoms with Crippen LogP contribution in [0.25, 0.3) is 0 Å². The van der Waals surface area contributed by atoms with Crippen molar-refractivity contribution in [2.45, 2.75) is 72.7 Å². The third-order valence-electron chi connectivity index (χ3n) is 5.45. The Bertz CT molecular complexity index is 747. The summed E-state index contributed by atoms with van der Waals surface area (Å²) in [4.78, 5) is 15.4. The zero-order chi connectivity index (χ0) is 20.9. The molecule has 0 aliphatic carbocycles. The van der Waals surface area contributed by atoms with E-state index in [4.69, 9.17) is 4.74 Å². The number of carbonyl (C=O) groups excluding carboxylic acids is 1. The summed E-state index contributed by atoms with van der Waals surface area (Å²) >= 11 is 0. The summed E-state index contributed by atoms with van der Waals surface area (Å²) in [6, 6.07) is 21.0. The van der Waals surface area contributed by atoms with Gasteiger partial charge in [-0.05, 0) is 59.6 Å². The number of ether oxygens (including phenoxy) is 1. The molecule has 0 unspecified atom stereocenters. The van der Waals surface area contributed by atoms with E-state index in [0.717, 1.165) is 6.54 Å². The van der Waals surface area contributed by atoms with E-state index >= 15 is 0 Å². The lowest BCUT2D eigenvalue weighted by atomic mass is 9.83. The zero-order valence-electron chi connectivity index (χ0n) is 18.4. The van der Waals surface area contributed by atoms with Gasteiger partial charge in [-0.25, -0.2) is 0 Å². The van der Waals surface area contributed by atoms with Crippen molar-refractivity contribution in [2.24, 2.45) is 5.41 Å². The quantitative estimate of drug-likeness (QED) is 0.550. The second kappa shape index (κ2) is 8.91. The van der Waals surface area contributed by atoms with Gasteiger partial charge in [-0.3, -0.25) is 9.69 Å². The summed E-state index contributed by atoms with van der Waals surface area (Å²) in [7, 11) is 0. The fourth-order valence-corrected chi connectivity index (χ4v) is 3.32. The Morgan fingerprint density at radius 1 is 0.893 bits per heavy atom. The first kappa shape index (κ1) is 22.2. The van der Waals surface area contributed by atoms with Crippen LogP contribution in [0.2, 0.25) is 0 Å². The van der Waals surface area contributed by atoms with Crippen LogP contribution in [-0.4, -0.2) is 22.5 Å². The number of esters is 1. The number of rotatable bonds is 7. The van der Waals surface area contributed by atoms with Crippen LogP contribution in [0.5, 0.6) is 0 Å². The van der Waals surface area contributed by atoms with E-state index in [9.17, 15) is 4.79 Å². The zero-order valence-corrected chi connectivity index (χ0v) is 18.4. The summed E-state index contributed by atoms with van der Waals surface area (Å²) in [6.45, 7) is 14.8. The van der Waals surface area contributed by atoms with E-state index < -0.39 is 11.0 Å². The molecule has 0 radical (unpaired) electrons. The summed E-state index contributed by atoms with van der Waals surface area (Å²) < 4.78 is 5.74. The fraction of sp³-hybridized carbons (Fsp3) is 0.480. The van der Waals surface area contributed by atoms with Crippen molar-refractivity contribution in [1.82, 2.24) is 4.90 Å². The van der Waals surface area contributed by atoms with Crippen LogP contribution in [-0.2, 0) is 16.1 Å². The van der Waals surface area contributed by atoms with Crippen LogP contribution in [0.15, 0.2) is 60.7 Å². The monoisotopic (exact) mass is 381 g/mol. The standard InChI is InChI=1S/C25H35NO2/c1-19(22-16-12-9-13-17-22)26(18-21-14-10-8-11-15-21)20(2)25(6,7)23(27)28-24(3,4)5/h8-17,19-20H,18H2,1-7H3/t19-,20-/m1/s1. The Balaban J connectivity index is 2.35. The molecule has 0 bridgehead atoms. The van der Waals surface area contributed by atoms with Crippen molar-refractivity contribution in [3.63, 3.8) is 0 Å². The molecular weight excluding hydrogens is 346 g/mol. The van der Waals surface area contributed by atoms with E-state index in [1.54, 1.807) is 0 Å². The van der Waals surface area contributed by atoms with Crippen molar-refractivity contribution in [3.05, 3.63) is 71.8 Å². The fourth-order valence-electron chi connectivity index (χ4n) is 3.32. The molecule has 0 aliphatic heterocycles. The van der Waals surface area contributed by atoms with E-state index in [2.05, 4.69) is 67.3 Å². The number of benzene rings is 2. The topological polar surface area (TPSA) is 29.5 Å². The molecule has 2 aromatic carbocycles. The molecule has 0 amide bonds. The summed E-state index contributed by atoms with van der Waals surface area (Å²) in [6.07, 6.45) is 0. The highest BCUT2D eigenvalue weighted by atomic mass is 16.6. The number of nitrogens with zero attached hydrogens (tertiary/aromatic N) is 1. The van der Waals surface area contributed by atoms with Crippen molar-refractivity contribution >= 4 is 5.97 Å². The molecule has 0 saturated carbocycles. The van der Waals surface area contributed by atoms with Gasteiger partial charge in [0.05, 0.1) is 5.41 Å². The first-order valence-corrected chi connectivity index (χ1v) is 10.1. The second-order valence-electron chi connectivity index (χ2n) is 9.14. The van der Waals surface area contributed by atoms with Gasteiger partial charge in [-0.15, -0.1) is 0 Å².